The molecule has 0 N–H and O–H groups in total. The number of fused-ring (bicyclic) bond motifs is 2. The second-order valence-corrected chi connectivity index (χ2v) is 7.44. The van der Waals surface area contributed by atoms with Crippen molar-refractivity contribution in [3.63, 3.8) is 0 Å². The first-order valence-electron chi connectivity index (χ1n) is 9.46. The highest BCUT2D eigenvalue weighted by Gasteiger charge is 2.28. The fraction of sp³-hybridized carbons (Fsp3) is 0.174. The Morgan fingerprint density at radius 2 is 2.00 bits per heavy atom. The number of pyridine rings is 1. The van der Waals surface area contributed by atoms with Gasteiger partial charge in [0, 0.05) is 36.9 Å². The van der Waals surface area contributed by atoms with Crippen molar-refractivity contribution in [3.05, 3.63) is 83.1 Å². The average molecular weight is 386 g/mol. The molecule has 5 rings (SSSR count). The van der Waals surface area contributed by atoms with E-state index in [1.807, 2.05) is 38.4 Å². The first kappa shape index (κ1) is 17.6. The molecule has 1 amide bonds. The van der Waals surface area contributed by atoms with E-state index >= 15 is 0 Å². The van der Waals surface area contributed by atoms with Gasteiger partial charge < -0.3 is 4.90 Å². The van der Waals surface area contributed by atoms with Crippen LogP contribution < -0.4 is 0 Å². The highest BCUT2D eigenvalue weighted by Crippen LogP contribution is 2.31. The maximum absolute atomic E-state index is 14.9. The molecule has 0 bridgehead atoms. The number of carbonyl (C=O) groups is 1. The number of benzene rings is 2. The van der Waals surface area contributed by atoms with Crippen LogP contribution in [-0.2, 0) is 20.1 Å². The van der Waals surface area contributed by atoms with Crippen molar-refractivity contribution in [1.29, 1.82) is 0 Å². The van der Waals surface area contributed by atoms with Gasteiger partial charge in [0.1, 0.15) is 5.82 Å². The molecule has 29 heavy (non-hydrogen) atoms. The highest BCUT2D eigenvalue weighted by atomic mass is 19.1. The van der Waals surface area contributed by atoms with Crippen molar-refractivity contribution >= 4 is 16.8 Å². The summed E-state index contributed by atoms with van der Waals surface area (Å²) < 4.78 is 16.7. The Hall–Kier alpha value is -3.54. The summed E-state index contributed by atoms with van der Waals surface area (Å²) in [6, 6.07) is 12.7. The summed E-state index contributed by atoms with van der Waals surface area (Å²) in [6.07, 6.45) is 3.65. The van der Waals surface area contributed by atoms with Gasteiger partial charge in [-0.15, -0.1) is 0 Å². The minimum Gasteiger partial charge on any atom is -0.328 e. The van der Waals surface area contributed by atoms with E-state index in [0.29, 0.717) is 17.7 Å². The van der Waals surface area contributed by atoms with Crippen molar-refractivity contribution in [3.8, 4) is 11.1 Å². The molecule has 0 atom stereocenters. The molecule has 0 unspecified atom stereocenters. The Balaban J connectivity index is 1.44. The molecule has 2 aromatic heterocycles. The molecule has 2 aromatic carbocycles. The van der Waals surface area contributed by atoms with Crippen LogP contribution in [-0.4, -0.2) is 25.6 Å². The van der Waals surface area contributed by atoms with E-state index in [1.54, 1.807) is 40.0 Å². The lowest BCUT2D eigenvalue weighted by Gasteiger charge is -2.16. The summed E-state index contributed by atoms with van der Waals surface area (Å²) in [5, 5.41) is 5.48. The molecule has 0 fully saturated rings. The lowest BCUT2D eigenvalue weighted by molar-refractivity contribution is 0.0765. The first-order chi connectivity index (χ1) is 14.0. The van der Waals surface area contributed by atoms with E-state index in [1.165, 1.54) is 0 Å². The number of rotatable bonds is 3. The normalized spacial score (nSPS) is 13.3. The number of hydrogen-bond donors (Lipinski definition) is 0. The molecule has 3 heterocycles. The second kappa shape index (κ2) is 6.51. The first-order valence-corrected chi connectivity index (χ1v) is 9.46. The molecule has 5 nitrogen and oxygen atoms in total. The van der Waals surface area contributed by atoms with Crippen molar-refractivity contribution < 1.29 is 9.18 Å². The molecule has 0 radical (unpaired) electrons. The number of amides is 1. The number of carbonyl (C=O) groups excluding carboxylic acids is 1. The molecule has 0 aliphatic carbocycles. The number of aryl methyl sites for hydroxylation is 2. The quantitative estimate of drug-likeness (QED) is 0.529. The van der Waals surface area contributed by atoms with Gasteiger partial charge in [0.2, 0.25) is 0 Å². The van der Waals surface area contributed by atoms with E-state index in [-0.39, 0.29) is 18.3 Å². The van der Waals surface area contributed by atoms with Crippen LogP contribution >= 0.6 is 0 Å². The SMILES string of the molecule is Cc1c(-c2ccc(CN3Cc4ncccc4C3=O)c(F)c2)ccc2nn(C)cc12. The van der Waals surface area contributed by atoms with Crippen LogP contribution in [0.25, 0.3) is 22.0 Å². The number of halogens is 1. The lowest BCUT2D eigenvalue weighted by Crippen LogP contribution is -2.23. The maximum Gasteiger partial charge on any atom is 0.256 e. The second-order valence-electron chi connectivity index (χ2n) is 7.44. The van der Waals surface area contributed by atoms with Gasteiger partial charge in [-0.2, -0.15) is 5.10 Å². The van der Waals surface area contributed by atoms with Gasteiger partial charge in [0.05, 0.1) is 23.3 Å². The summed E-state index contributed by atoms with van der Waals surface area (Å²) in [6.45, 7) is 2.66. The molecule has 6 heteroatoms. The van der Waals surface area contributed by atoms with Gasteiger partial charge in [-0.3, -0.25) is 14.5 Å². The Labute approximate surface area is 167 Å². The molecule has 1 aliphatic heterocycles. The predicted octanol–water partition coefficient (Wildman–Crippen LogP) is 4.24. The molecule has 1 aliphatic rings. The Bertz CT molecular complexity index is 1280. The van der Waals surface area contributed by atoms with Crippen molar-refractivity contribution in [2.45, 2.75) is 20.0 Å². The van der Waals surface area contributed by atoms with E-state index in [9.17, 15) is 9.18 Å². The zero-order valence-electron chi connectivity index (χ0n) is 16.2. The minimum absolute atomic E-state index is 0.102. The van der Waals surface area contributed by atoms with Gasteiger partial charge >= 0.3 is 0 Å². The fourth-order valence-corrected chi connectivity index (χ4v) is 4.02. The van der Waals surface area contributed by atoms with Gasteiger partial charge in [-0.05, 0) is 47.9 Å². The third-order valence-electron chi connectivity index (χ3n) is 5.55. The van der Waals surface area contributed by atoms with Crippen LogP contribution in [0.1, 0.15) is 27.2 Å². The van der Waals surface area contributed by atoms with Crippen molar-refractivity contribution in [1.82, 2.24) is 19.7 Å². The molecule has 0 saturated carbocycles. The number of hydrogen-bond acceptors (Lipinski definition) is 3. The fourth-order valence-electron chi connectivity index (χ4n) is 4.02. The van der Waals surface area contributed by atoms with Gasteiger partial charge in [-0.25, -0.2) is 4.39 Å². The van der Waals surface area contributed by atoms with E-state index in [0.717, 1.165) is 33.3 Å². The summed E-state index contributed by atoms with van der Waals surface area (Å²) >= 11 is 0. The summed E-state index contributed by atoms with van der Waals surface area (Å²) in [7, 11) is 1.89. The summed E-state index contributed by atoms with van der Waals surface area (Å²) in [4.78, 5) is 18.4. The number of nitrogens with zero attached hydrogens (tertiary/aromatic N) is 4. The Morgan fingerprint density at radius 1 is 1.14 bits per heavy atom. The van der Waals surface area contributed by atoms with Crippen LogP contribution in [0.15, 0.2) is 54.9 Å². The molecule has 0 spiro atoms. The van der Waals surface area contributed by atoms with Gasteiger partial charge in [0.25, 0.3) is 5.91 Å². The van der Waals surface area contributed by atoms with Crippen LogP contribution in [0.5, 0.6) is 0 Å². The zero-order valence-corrected chi connectivity index (χ0v) is 16.2. The molecule has 0 saturated heterocycles. The largest absolute Gasteiger partial charge is 0.328 e. The van der Waals surface area contributed by atoms with Crippen LogP contribution in [0.3, 0.4) is 0 Å². The summed E-state index contributed by atoms with van der Waals surface area (Å²) in [5.74, 6) is -0.417. The highest BCUT2D eigenvalue weighted by molar-refractivity contribution is 5.97. The Morgan fingerprint density at radius 3 is 2.79 bits per heavy atom. The Kier molecular flexibility index (Phi) is 3.94. The third-order valence-corrected chi connectivity index (χ3v) is 5.55. The van der Waals surface area contributed by atoms with Crippen LogP contribution in [0, 0.1) is 12.7 Å². The van der Waals surface area contributed by atoms with Crippen molar-refractivity contribution in [2.24, 2.45) is 7.05 Å². The zero-order chi connectivity index (χ0) is 20.1. The monoisotopic (exact) mass is 386 g/mol. The maximum atomic E-state index is 14.9. The number of aromatic nitrogens is 3. The van der Waals surface area contributed by atoms with Crippen LogP contribution in [0.4, 0.5) is 4.39 Å². The minimum atomic E-state index is -0.315. The molecular formula is C23H19FN4O. The standard InChI is InChI=1S/C23H19FN4O/c1-14-17(7-8-21-19(14)12-27(2)26-21)15-5-6-16(20(24)10-15)11-28-13-22-18(23(28)29)4-3-9-25-22/h3-10,12H,11,13H2,1-2H3. The summed E-state index contributed by atoms with van der Waals surface area (Å²) in [5.41, 5.74) is 5.62. The lowest BCUT2D eigenvalue weighted by atomic mass is 9.97. The molecular weight excluding hydrogens is 367 g/mol. The van der Waals surface area contributed by atoms with E-state index in [2.05, 4.69) is 10.1 Å². The van der Waals surface area contributed by atoms with E-state index in [4.69, 9.17) is 0 Å². The van der Waals surface area contributed by atoms with Gasteiger partial charge in [0.15, 0.2) is 0 Å². The third kappa shape index (κ3) is 2.88. The smallest absolute Gasteiger partial charge is 0.256 e. The molecule has 4 aromatic rings. The average Bonchev–Trinajstić information content (AvgIpc) is 3.24. The van der Waals surface area contributed by atoms with E-state index < -0.39 is 0 Å². The topological polar surface area (TPSA) is 51.0 Å². The van der Waals surface area contributed by atoms with Gasteiger partial charge in [-0.1, -0.05) is 18.2 Å². The predicted molar refractivity (Wildman–Crippen MR) is 109 cm³/mol. The van der Waals surface area contributed by atoms with Crippen LogP contribution in [0.2, 0.25) is 0 Å². The van der Waals surface area contributed by atoms with Crippen molar-refractivity contribution in [2.75, 3.05) is 0 Å². The molecule has 144 valence electrons.